The van der Waals surface area contributed by atoms with Crippen molar-refractivity contribution < 1.29 is 8.42 Å². The van der Waals surface area contributed by atoms with E-state index >= 15 is 0 Å². The number of hydrogen-bond acceptors (Lipinski definition) is 3. The van der Waals surface area contributed by atoms with Crippen molar-refractivity contribution in [2.75, 3.05) is 12.8 Å². The van der Waals surface area contributed by atoms with Crippen molar-refractivity contribution in [3.8, 4) is 0 Å². The predicted molar refractivity (Wildman–Crippen MR) is 55.1 cm³/mol. The van der Waals surface area contributed by atoms with E-state index in [-0.39, 0.29) is 5.75 Å². The molecule has 0 heterocycles. The third-order valence-electron chi connectivity index (χ3n) is 3.74. The first-order chi connectivity index (χ1) is 6.52. The second kappa shape index (κ2) is 3.47. The van der Waals surface area contributed by atoms with Gasteiger partial charge in [0.05, 0.1) is 5.75 Å². The molecule has 3 N–H and O–H groups in total. The van der Waals surface area contributed by atoms with Gasteiger partial charge in [-0.3, -0.25) is 0 Å². The van der Waals surface area contributed by atoms with Crippen molar-refractivity contribution in [3.05, 3.63) is 0 Å². The van der Waals surface area contributed by atoms with Crippen molar-refractivity contribution in [3.63, 3.8) is 0 Å². The van der Waals surface area contributed by atoms with Crippen LogP contribution < -0.4 is 10.5 Å². The maximum atomic E-state index is 11.3. The second-order valence-electron chi connectivity index (χ2n) is 4.65. The van der Waals surface area contributed by atoms with E-state index in [1.54, 1.807) is 0 Å². The Bertz CT molecular complexity index is 315. The molecule has 2 saturated carbocycles. The first-order valence-electron chi connectivity index (χ1n) is 5.18. The van der Waals surface area contributed by atoms with Crippen LogP contribution in [0.25, 0.3) is 0 Å². The predicted octanol–water partition coefficient (Wildman–Crippen LogP) is -0.0910. The average Bonchev–Trinajstić information content (AvgIpc) is 2.42. The molecule has 2 aliphatic carbocycles. The van der Waals surface area contributed by atoms with Crippen LogP contribution in [0.2, 0.25) is 0 Å². The molecule has 4 atom stereocenters. The normalized spacial score (nSPS) is 41.9. The van der Waals surface area contributed by atoms with Gasteiger partial charge in [0.2, 0.25) is 10.0 Å². The van der Waals surface area contributed by atoms with Gasteiger partial charge in [-0.1, -0.05) is 0 Å². The largest absolute Gasteiger partial charge is 0.327 e. The Morgan fingerprint density at radius 3 is 2.57 bits per heavy atom. The molecule has 0 spiro atoms. The molecule has 0 amide bonds. The highest BCUT2D eigenvalue weighted by Crippen LogP contribution is 2.48. The summed E-state index contributed by atoms with van der Waals surface area (Å²) in [6.07, 6.45) is 3.16. The fourth-order valence-electron chi connectivity index (χ4n) is 2.93. The SMILES string of the molecule is CNS(=O)(=O)CC1CC2CC(N)C2C1. The van der Waals surface area contributed by atoms with Crippen LogP contribution >= 0.6 is 0 Å². The number of fused-ring (bicyclic) bond motifs is 1. The van der Waals surface area contributed by atoms with Crippen LogP contribution in [-0.2, 0) is 10.0 Å². The van der Waals surface area contributed by atoms with Gasteiger partial charge in [-0.15, -0.1) is 0 Å². The van der Waals surface area contributed by atoms with Crippen LogP contribution in [0, 0.1) is 17.8 Å². The van der Waals surface area contributed by atoms with Gasteiger partial charge in [-0.05, 0) is 44.1 Å². The van der Waals surface area contributed by atoms with Crippen molar-refractivity contribution in [2.45, 2.75) is 25.3 Å². The molecule has 0 radical (unpaired) electrons. The average molecular weight is 218 g/mol. The highest BCUT2D eigenvalue weighted by atomic mass is 32.2. The Labute approximate surface area is 85.3 Å². The van der Waals surface area contributed by atoms with Gasteiger partial charge in [0.15, 0.2) is 0 Å². The standard InChI is InChI=1S/C9H18N2O2S/c1-11-14(12,13)5-6-2-7-4-9(10)8(7)3-6/h6-9,11H,2-5,10H2,1H3. The number of nitrogens with two attached hydrogens (primary N) is 1. The zero-order valence-electron chi connectivity index (χ0n) is 8.44. The molecular weight excluding hydrogens is 200 g/mol. The Morgan fingerprint density at radius 1 is 1.36 bits per heavy atom. The highest BCUT2D eigenvalue weighted by Gasteiger charge is 2.46. The van der Waals surface area contributed by atoms with E-state index in [2.05, 4.69) is 4.72 Å². The van der Waals surface area contributed by atoms with Crippen LogP contribution in [0.4, 0.5) is 0 Å². The quantitative estimate of drug-likeness (QED) is 0.695. The van der Waals surface area contributed by atoms with Gasteiger partial charge >= 0.3 is 0 Å². The van der Waals surface area contributed by atoms with Gasteiger partial charge in [-0.25, -0.2) is 13.1 Å². The minimum atomic E-state index is -3.03. The molecule has 4 nitrogen and oxygen atoms in total. The van der Waals surface area contributed by atoms with Crippen LogP contribution in [0.15, 0.2) is 0 Å². The minimum absolute atomic E-state index is 0.281. The molecule has 2 rings (SSSR count). The lowest BCUT2D eigenvalue weighted by atomic mass is 9.72. The zero-order valence-corrected chi connectivity index (χ0v) is 9.26. The maximum Gasteiger partial charge on any atom is 0.211 e. The molecule has 0 aromatic carbocycles. The molecule has 4 unspecified atom stereocenters. The lowest BCUT2D eigenvalue weighted by Gasteiger charge is -2.37. The first-order valence-corrected chi connectivity index (χ1v) is 6.84. The smallest absolute Gasteiger partial charge is 0.211 e. The van der Waals surface area contributed by atoms with Crippen molar-refractivity contribution in [1.29, 1.82) is 0 Å². The van der Waals surface area contributed by atoms with Crippen molar-refractivity contribution in [1.82, 2.24) is 4.72 Å². The number of hydrogen-bond donors (Lipinski definition) is 2. The summed E-state index contributed by atoms with van der Waals surface area (Å²) in [6, 6.07) is 0.335. The van der Waals surface area contributed by atoms with E-state index < -0.39 is 10.0 Å². The lowest BCUT2D eigenvalue weighted by molar-refractivity contribution is 0.173. The lowest BCUT2D eigenvalue weighted by Crippen LogP contribution is -2.44. The molecule has 2 fully saturated rings. The van der Waals surface area contributed by atoms with Crippen molar-refractivity contribution >= 4 is 10.0 Å². The number of rotatable bonds is 3. The van der Waals surface area contributed by atoms with Crippen LogP contribution in [0.1, 0.15) is 19.3 Å². The Balaban J connectivity index is 1.91. The zero-order chi connectivity index (χ0) is 10.3. The van der Waals surface area contributed by atoms with E-state index in [9.17, 15) is 8.42 Å². The molecule has 5 heteroatoms. The molecule has 14 heavy (non-hydrogen) atoms. The summed E-state index contributed by atoms with van der Waals surface area (Å²) in [4.78, 5) is 0. The molecule has 2 aliphatic rings. The third-order valence-corrected chi connectivity index (χ3v) is 5.27. The van der Waals surface area contributed by atoms with Crippen molar-refractivity contribution in [2.24, 2.45) is 23.5 Å². The van der Waals surface area contributed by atoms with Crippen LogP contribution in [0.3, 0.4) is 0 Å². The molecular formula is C9H18N2O2S. The summed E-state index contributed by atoms with van der Waals surface area (Å²) in [5.74, 6) is 1.92. The third kappa shape index (κ3) is 1.81. The molecule has 0 aromatic heterocycles. The van der Waals surface area contributed by atoms with E-state index in [1.165, 1.54) is 7.05 Å². The van der Waals surface area contributed by atoms with E-state index in [1.807, 2.05) is 0 Å². The van der Waals surface area contributed by atoms with E-state index in [0.29, 0.717) is 23.8 Å². The summed E-state index contributed by atoms with van der Waals surface area (Å²) in [5, 5.41) is 0. The summed E-state index contributed by atoms with van der Waals surface area (Å²) in [5.41, 5.74) is 5.86. The van der Waals surface area contributed by atoms with Gasteiger partial charge in [0, 0.05) is 6.04 Å². The summed E-state index contributed by atoms with van der Waals surface area (Å²) in [7, 11) is -1.55. The Morgan fingerprint density at radius 2 is 2.07 bits per heavy atom. The molecule has 82 valence electrons. The highest BCUT2D eigenvalue weighted by molar-refractivity contribution is 7.89. The fraction of sp³-hybridized carbons (Fsp3) is 1.00. The fourth-order valence-corrected chi connectivity index (χ4v) is 3.99. The topological polar surface area (TPSA) is 72.2 Å². The summed E-state index contributed by atoms with van der Waals surface area (Å²) >= 11 is 0. The molecule has 0 saturated heterocycles. The minimum Gasteiger partial charge on any atom is -0.327 e. The monoisotopic (exact) mass is 218 g/mol. The van der Waals surface area contributed by atoms with Crippen LogP contribution in [0.5, 0.6) is 0 Å². The van der Waals surface area contributed by atoms with Gasteiger partial charge in [0.25, 0.3) is 0 Å². The maximum absolute atomic E-state index is 11.3. The molecule has 0 bridgehead atoms. The van der Waals surface area contributed by atoms with Gasteiger partial charge in [-0.2, -0.15) is 0 Å². The van der Waals surface area contributed by atoms with Gasteiger partial charge < -0.3 is 5.73 Å². The van der Waals surface area contributed by atoms with E-state index in [0.717, 1.165) is 19.3 Å². The van der Waals surface area contributed by atoms with Crippen LogP contribution in [-0.4, -0.2) is 27.3 Å². The molecule has 0 aromatic rings. The number of sulfonamides is 1. The Hall–Kier alpha value is -0.130. The van der Waals surface area contributed by atoms with E-state index in [4.69, 9.17) is 5.73 Å². The Kier molecular flexibility index (Phi) is 2.57. The first kappa shape index (κ1) is 10.4. The molecule has 0 aliphatic heterocycles. The summed E-state index contributed by atoms with van der Waals surface area (Å²) < 4.78 is 25.0. The van der Waals surface area contributed by atoms with Gasteiger partial charge in [0.1, 0.15) is 0 Å². The second-order valence-corrected chi connectivity index (χ2v) is 6.62. The summed E-state index contributed by atoms with van der Waals surface area (Å²) in [6.45, 7) is 0. The number of nitrogens with one attached hydrogen (secondary N) is 1.